The number of nitrogens with zero attached hydrogens (tertiary/aromatic N) is 1. The first kappa shape index (κ1) is 10.8. The Morgan fingerprint density at radius 1 is 1.23 bits per heavy atom. The van der Waals surface area contributed by atoms with Crippen LogP contribution in [0.2, 0.25) is 0 Å². The second-order valence-corrected chi connectivity index (χ2v) is 3.44. The largest absolute Gasteiger partial charge is 0.393 e. The molecular weight excluding hydrogens is 183 g/mol. The van der Waals surface area contributed by atoms with Gasteiger partial charge in [0.05, 0.1) is 12.5 Å². The molecule has 0 bridgehead atoms. The minimum Gasteiger partial charge on any atom is -0.393 e. The maximum absolute atomic E-state index is 11.8. The molecule has 1 N–H and O–H groups in total. The number of halogens is 3. The summed E-state index contributed by atoms with van der Waals surface area (Å²) in [6, 6.07) is 0. The van der Waals surface area contributed by atoms with Gasteiger partial charge in [0.15, 0.2) is 0 Å². The quantitative estimate of drug-likeness (QED) is 0.723. The van der Waals surface area contributed by atoms with Crippen LogP contribution in [0.15, 0.2) is 0 Å². The Kier molecular flexibility index (Phi) is 3.55. The van der Waals surface area contributed by atoms with Crippen molar-refractivity contribution in [2.75, 3.05) is 19.6 Å². The molecule has 0 spiro atoms. The monoisotopic (exact) mass is 197 g/mol. The molecule has 0 aliphatic carbocycles. The molecule has 0 aromatic heterocycles. The van der Waals surface area contributed by atoms with Crippen molar-refractivity contribution < 1.29 is 18.3 Å². The molecule has 1 aliphatic heterocycles. The summed E-state index contributed by atoms with van der Waals surface area (Å²) < 4.78 is 35.4. The summed E-state index contributed by atoms with van der Waals surface area (Å²) in [4.78, 5) is 1.75. The number of aliphatic hydroxyl groups excluding tert-OH is 1. The van der Waals surface area contributed by atoms with Crippen molar-refractivity contribution in [1.29, 1.82) is 0 Å². The van der Waals surface area contributed by atoms with Crippen LogP contribution in [0.4, 0.5) is 13.2 Å². The lowest BCUT2D eigenvalue weighted by Gasteiger charge is -2.29. The fourth-order valence-electron chi connectivity index (χ4n) is 1.43. The fourth-order valence-corrected chi connectivity index (χ4v) is 1.43. The van der Waals surface area contributed by atoms with Crippen molar-refractivity contribution in [1.82, 2.24) is 4.90 Å². The Labute approximate surface area is 75.3 Å². The molecule has 5 heteroatoms. The van der Waals surface area contributed by atoms with Crippen LogP contribution < -0.4 is 0 Å². The van der Waals surface area contributed by atoms with E-state index in [1.807, 2.05) is 0 Å². The van der Waals surface area contributed by atoms with Crippen LogP contribution in [0.25, 0.3) is 0 Å². The van der Waals surface area contributed by atoms with E-state index in [-0.39, 0.29) is 12.6 Å². The SMILES string of the molecule is OC1CCN(CCC(F)(F)F)CC1. The van der Waals surface area contributed by atoms with Gasteiger partial charge in [0.1, 0.15) is 0 Å². The lowest BCUT2D eigenvalue weighted by molar-refractivity contribution is -0.138. The first-order chi connectivity index (χ1) is 5.97. The highest BCUT2D eigenvalue weighted by Gasteiger charge is 2.28. The van der Waals surface area contributed by atoms with Gasteiger partial charge < -0.3 is 10.0 Å². The van der Waals surface area contributed by atoms with Gasteiger partial charge in [-0.3, -0.25) is 0 Å². The zero-order valence-corrected chi connectivity index (χ0v) is 7.35. The molecule has 0 radical (unpaired) electrons. The number of piperidine rings is 1. The van der Waals surface area contributed by atoms with Gasteiger partial charge in [0.25, 0.3) is 0 Å². The van der Waals surface area contributed by atoms with Crippen LogP contribution in [0.5, 0.6) is 0 Å². The van der Waals surface area contributed by atoms with E-state index < -0.39 is 12.6 Å². The van der Waals surface area contributed by atoms with Gasteiger partial charge in [-0.25, -0.2) is 0 Å². The van der Waals surface area contributed by atoms with Crippen LogP contribution in [-0.2, 0) is 0 Å². The van der Waals surface area contributed by atoms with Crippen LogP contribution in [0, 0.1) is 0 Å². The Morgan fingerprint density at radius 3 is 2.23 bits per heavy atom. The summed E-state index contributed by atoms with van der Waals surface area (Å²) in [5, 5.41) is 9.11. The zero-order chi connectivity index (χ0) is 9.90. The summed E-state index contributed by atoms with van der Waals surface area (Å²) in [6.07, 6.45) is -3.93. The average Bonchev–Trinajstić information content (AvgIpc) is 2.02. The summed E-state index contributed by atoms with van der Waals surface area (Å²) >= 11 is 0. The maximum Gasteiger partial charge on any atom is 0.390 e. The Hall–Kier alpha value is -0.290. The first-order valence-electron chi connectivity index (χ1n) is 4.44. The van der Waals surface area contributed by atoms with Crippen molar-refractivity contribution >= 4 is 0 Å². The third-order valence-electron chi connectivity index (χ3n) is 2.27. The van der Waals surface area contributed by atoms with Gasteiger partial charge in [0.2, 0.25) is 0 Å². The van der Waals surface area contributed by atoms with Crippen molar-refractivity contribution in [3.8, 4) is 0 Å². The molecule has 1 rings (SSSR count). The summed E-state index contributed by atoms with van der Waals surface area (Å²) in [7, 11) is 0. The highest BCUT2D eigenvalue weighted by Crippen LogP contribution is 2.21. The van der Waals surface area contributed by atoms with E-state index in [9.17, 15) is 13.2 Å². The standard InChI is InChI=1S/C8H14F3NO/c9-8(10,11)3-6-12-4-1-7(13)2-5-12/h7,13H,1-6H2. The third kappa shape index (κ3) is 4.47. The van der Waals surface area contributed by atoms with Gasteiger partial charge in [-0.1, -0.05) is 0 Å². The fraction of sp³-hybridized carbons (Fsp3) is 1.00. The van der Waals surface area contributed by atoms with Crippen LogP contribution in [-0.4, -0.2) is 41.9 Å². The highest BCUT2D eigenvalue weighted by molar-refractivity contribution is 4.71. The molecule has 1 aliphatic rings. The minimum absolute atomic E-state index is 0.0657. The Bertz CT molecular complexity index is 152. The number of rotatable bonds is 2. The van der Waals surface area contributed by atoms with E-state index in [1.165, 1.54) is 0 Å². The van der Waals surface area contributed by atoms with Crippen molar-refractivity contribution in [2.24, 2.45) is 0 Å². The second kappa shape index (κ2) is 4.28. The molecule has 0 aromatic carbocycles. The summed E-state index contributed by atoms with van der Waals surface area (Å²) in [5.41, 5.74) is 0. The molecule has 0 amide bonds. The van der Waals surface area contributed by atoms with Crippen LogP contribution in [0.3, 0.4) is 0 Å². The van der Waals surface area contributed by atoms with E-state index in [0.717, 1.165) is 0 Å². The van der Waals surface area contributed by atoms with E-state index in [2.05, 4.69) is 0 Å². The second-order valence-electron chi connectivity index (χ2n) is 3.44. The molecule has 13 heavy (non-hydrogen) atoms. The topological polar surface area (TPSA) is 23.5 Å². The molecule has 78 valence electrons. The Morgan fingerprint density at radius 2 is 1.77 bits per heavy atom. The summed E-state index contributed by atoms with van der Waals surface area (Å²) in [5.74, 6) is 0. The number of hydrogen-bond acceptors (Lipinski definition) is 2. The maximum atomic E-state index is 11.8. The number of hydrogen-bond donors (Lipinski definition) is 1. The number of aliphatic hydroxyl groups is 1. The third-order valence-corrected chi connectivity index (χ3v) is 2.27. The lowest BCUT2D eigenvalue weighted by atomic mass is 10.1. The number of alkyl halides is 3. The van der Waals surface area contributed by atoms with Crippen LogP contribution >= 0.6 is 0 Å². The summed E-state index contributed by atoms with van der Waals surface area (Å²) in [6.45, 7) is 1.23. The molecule has 0 saturated carbocycles. The molecule has 2 nitrogen and oxygen atoms in total. The van der Waals surface area contributed by atoms with E-state index in [1.54, 1.807) is 4.90 Å². The predicted molar refractivity (Wildman–Crippen MR) is 42.4 cm³/mol. The molecule has 1 saturated heterocycles. The molecule has 0 aromatic rings. The van der Waals surface area contributed by atoms with E-state index in [4.69, 9.17) is 5.11 Å². The zero-order valence-electron chi connectivity index (χ0n) is 7.35. The molecule has 1 fully saturated rings. The van der Waals surface area contributed by atoms with Gasteiger partial charge in [-0.2, -0.15) is 13.2 Å². The van der Waals surface area contributed by atoms with Gasteiger partial charge in [-0.15, -0.1) is 0 Å². The average molecular weight is 197 g/mol. The number of likely N-dealkylation sites (tertiary alicyclic amines) is 1. The van der Waals surface area contributed by atoms with E-state index in [0.29, 0.717) is 25.9 Å². The molecular formula is C8H14F3NO. The van der Waals surface area contributed by atoms with Crippen LogP contribution in [0.1, 0.15) is 19.3 Å². The van der Waals surface area contributed by atoms with Gasteiger partial charge in [0, 0.05) is 19.6 Å². The predicted octanol–water partition coefficient (Wildman–Crippen LogP) is 1.40. The van der Waals surface area contributed by atoms with Gasteiger partial charge in [-0.05, 0) is 12.8 Å². The smallest absolute Gasteiger partial charge is 0.390 e. The lowest BCUT2D eigenvalue weighted by Crippen LogP contribution is -2.37. The minimum atomic E-state index is -4.06. The highest BCUT2D eigenvalue weighted by atomic mass is 19.4. The normalized spacial score (nSPS) is 22.2. The first-order valence-corrected chi connectivity index (χ1v) is 4.44. The van der Waals surface area contributed by atoms with E-state index >= 15 is 0 Å². The van der Waals surface area contributed by atoms with Crippen molar-refractivity contribution in [3.05, 3.63) is 0 Å². The Balaban J connectivity index is 2.16. The molecule has 0 unspecified atom stereocenters. The van der Waals surface area contributed by atoms with Crippen molar-refractivity contribution in [2.45, 2.75) is 31.5 Å². The molecule has 0 atom stereocenters. The van der Waals surface area contributed by atoms with Gasteiger partial charge >= 0.3 is 6.18 Å². The molecule has 1 heterocycles. The van der Waals surface area contributed by atoms with Crippen molar-refractivity contribution in [3.63, 3.8) is 0 Å².